The van der Waals surface area contributed by atoms with Crippen LogP contribution >= 0.6 is 0 Å². The third kappa shape index (κ3) is 4.38. The van der Waals surface area contributed by atoms with Crippen molar-refractivity contribution in [2.45, 2.75) is 32.2 Å². The van der Waals surface area contributed by atoms with Gasteiger partial charge >= 0.3 is 5.97 Å². The van der Waals surface area contributed by atoms with E-state index in [1.807, 2.05) is 12.3 Å². The minimum atomic E-state index is -0.766. The minimum absolute atomic E-state index is 0.192. The summed E-state index contributed by atoms with van der Waals surface area (Å²) in [5.41, 5.74) is 1.81. The molecule has 2 N–H and O–H groups in total. The molecule has 2 rings (SSSR count). The zero-order valence-corrected chi connectivity index (χ0v) is 11.1. The number of rotatable bonds is 7. The molecule has 0 aliphatic carbocycles. The Balaban J connectivity index is 1.84. The topological polar surface area (TPSA) is 88.2 Å². The van der Waals surface area contributed by atoms with E-state index in [0.717, 1.165) is 24.1 Å². The average Bonchev–Trinajstić information content (AvgIpc) is 2.82. The molecule has 106 valence electrons. The lowest BCUT2D eigenvalue weighted by Crippen LogP contribution is -2.00. The summed E-state index contributed by atoms with van der Waals surface area (Å²) in [6.07, 6.45) is 4.21. The predicted octanol–water partition coefficient (Wildman–Crippen LogP) is 1.83. The zero-order valence-electron chi connectivity index (χ0n) is 11.1. The van der Waals surface area contributed by atoms with Crippen LogP contribution in [-0.2, 0) is 17.8 Å². The predicted molar refractivity (Wildman–Crippen MR) is 72.4 cm³/mol. The van der Waals surface area contributed by atoms with Crippen molar-refractivity contribution in [3.63, 3.8) is 0 Å². The normalized spacial score (nSPS) is 10.6. The van der Waals surface area contributed by atoms with Crippen LogP contribution in [0, 0.1) is 0 Å². The van der Waals surface area contributed by atoms with Gasteiger partial charge in [-0.1, -0.05) is 17.3 Å². The van der Waals surface area contributed by atoms with E-state index in [9.17, 15) is 9.90 Å². The fourth-order valence-corrected chi connectivity index (χ4v) is 1.95. The zero-order chi connectivity index (χ0) is 14.4. The van der Waals surface area contributed by atoms with Gasteiger partial charge in [-0.2, -0.15) is 0 Å². The standard InChI is InChI=1S/C14H17N3O3/c18-13-6-3-4-11(8-13)9-17-10-12(15-16-17)5-1-2-7-14(19)20/h3-4,6,8,10,18H,1-2,5,7,9H2,(H,19,20). The Morgan fingerprint density at radius 3 is 2.90 bits per heavy atom. The van der Waals surface area contributed by atoms with Gasteiger partial charge in [0.25, 0.3) is 0 Å². The summed E-state index contributed by atoms with van der Waals surface area (Å²) in [6.45, 7) is 0.552. The molecule has 1 heterocycles. The quantitative estimate of drug-likeness (QED) is 0.753. The van der Waals surface area contributed by atoms with E-state index < -0.39 is 5.97 Å². The van der Waals surface area contributed by atoms with Gasteiger partial charge in [0.2, 0.25) is 0 Å². The fourth-order valence-electron chi connectivity index (χ4n) is 1.95. The fraction of sp³-hybridized carbons (Fsp3) is 0.357. The van der Waals surface area contributed by atoms with Crippen LogP contribution in [0.4, 0.5) is 0 Å². The first-order chi connectivity index (χ1) is 9.63. The highest BCUT2D eigenvalue weighted by Crippen LogP contribution is 2.12. The van der Waals surface area contributed by atoms with Crippen molar-refractivity contribution in [3.05, 3.63) is 41.7 Å². The number of aryl methyl sites for hydroxylation is 1. The summed E-state index contributed by atoms with van der Waals surface area (Å²) < 4.78 is 1.71. The molecule has 0 aliphatic heterocycles. The van der Waals surface area contributed by atoms with Crippen molar-refractivity contribution in [2.75, 3.05) is 0 Å². The molecule has 0 spiro atoms. The molecule has 0 aliphatic rings. The Morgan fingerprint density at radius 2 is 2.15 bits per heavy atom. The van der Waals surface area contributed by atoms with Gasteiger partial charge in [0, 0.05) is 12.6 Å². The number of aromatic nitrogens is 3. The van der Waals surface area contributed by atoms with E-state index in [0.29, 0.717) is 13.0 Å². The summed E-state index contributed by atoms with van der Waals surface area (Å²) in [4.78, 5) is 10.4. The van der Waals surface area contributed by atoms with Crippen molar-refractivity contribution >= 4 is 5.97 Å². The molecule has 0 unspecified atom stereocenters. The first kappa shape index (κ1) is 14.0. The van der Waals surface area contributed by atoms with E-state index in [2.05, 4.69) is 10.3 Å². The molecule has 0 saturated carbocycles. The first-order valence-electron chi connectivity index (χ1n) is 6.52. The van der Waals surface area contributed by atoms with E-state index in [-0.39, 0.29) is 12.2 Å². The van der Waals surface area contributed by atoms with Crippen molar-refractivity contribution < 1.29 is 15.0 Å². The number of hydrogen-bond donors (Lipinski definition) is 2. The molecule has 0 radical (unpaired) electrons. The molecule has 2 aromatic rings. The molecule has 0 saturated heterocycles. The van der Waals surface area contributed by atoms with Crippen LogP contribution in [0.1, 0.15) is 30.5 Å². The van der Waals surface area contributed by atoms with Gasteiger partial charge in [-0.05, 0) is 37.0 Å². The van der Waals surface area contributed by atoms with Crippen molar-refractivity contribution in [2.24, 2.45) is 0 Å². The SMILES string of the molecule is O=C(O)CCCCc1cn(Cc2cccc(O)c2)nn1. The van der Waals surface area contributed by atoms with Gasteiger partial charge in [-0.25, -0.2) is 4.68 Å². The number of carboxylic acid groups (broad SMARTS) is 1. The highest BCUT2D eigenvalue weighted by Gasteiger charge is 2.03. The maximum Gasteiger partial charge on any atom is 0.303 e. The largest absolute Gasteiger partial charge is 0.508 e. The van der Waals surface area contributed by atoms with Crippen molar-refractivity contribution in [3.8, 4) is 5.75 Å². The second kappa shape index (κ2) is 6.70. The first-order valence-corrected chi connectivity index (χ1v) is 6.52. The van der Waals surface area contributed by atoms with Gasteiger partial charge in [0.15, 0.2) is 0 Å². The van der Waals surface area contributed by atoms with Crippen LogP contribution in [0.25, 0.3) is 0 Å². The minimum Gasteiger partial charge on any atom is -0.508 e. The maximum absolute atomic E-state index is 10.4. The Hall–Kier alpha value is -2.37. The number of phenolic OH excluding ortho intramolecular Hbond substituents is 1. The smallest absolute Gasteiger partial charge is 0.303 e. The number of unbranched alkanes of at least 4 members (excludes halogenated alkanes) is 1. The van der Waals surface area contributed by atoms with Crippen molar-refractivity contribution in [1.29, 1.82) is 0 Å². The van der Waals surface area contributed by atoms with E-state index in [1.54, 1.807) is 22.9 Å². The van der Waals surface area contributed by atoms with Gasteiger partial charge in [0.05, 0.1) is 12.2 Å². The molecular formula is C14H17N3O3. The molecule has 20 heavy (non-hydrogen) atoms. The number of carboxylic acids is 1. The lowest BCUT2D eigenvalue weighted by molar-refractivity contribution is -0.137. The third-order valence-corrected chi connectivity index (χ3v) is 2.91. The van der Waals surface area contributed by atoms with Crippen LogP contribution < -0.4 is 0 Å². The van der Waals surface area contributed by atoms with Crippen molar-refractivity contribution in [1.82, 2.24) is 15.0 Å². The molecule has 0 bridgehead atoms. The average molecular weight is 275 g/mol. The van der Waals surface area contributed by atoms with E-state index in [1.165, 1.54) is 0 Å². The monoisotopic (exact) mass is 275 g/mol. The number of aromatic hydroxyl groups is 1. The number of benzene rings is 1. The van der Waals surface area contributed by atoms with Gasteiger partial charge < -0.3 is 10.2 Å². The number of phenols is 1. The Morgan fingerprint density at radius 1 is 1.30 bits per heavy atom. The maximum atomic E-state index is 10.4. The highest BCUT2D eigenvalue weighted by atomic mass is 16.4. The van der Waals surface area contributed by atoms with Gasteiger partial charge in [-0.15, -0.1) is 5.10 Å². The van der Waals surface area contributed by atoms with Crippen LogP contribution in [0.15, 0.2) is 30.5 Å². The summed E-state index contributed by atoms with van der Waals surface area (Å²) in [6, 6.07) is 7.01. The van der Waals surface area contributed by atoms with Gasteiger partial charge in [0.1, 0.15) is 5.75 Å². The molecule has 1 aromatic heterocycles. The lowest BCUT2D eigenvalue weighted by atomic mass is 10.1. The summed E-state index contributed by atoms with van der Waals surface area (Å²) in [5.74, 6) is -0.533. The summed E-state index contributed by atoms with van der Waals surface area (Å²) in [7, 11) is 0. The molecule has 1 aromatic carbocycles. The second-order valence-corrected chi connectivity index (χ2v) is 4.68. The number of aliphatic carboxylic acids is 1. The Kier molecular flexibility index (Phi) is 4.70. The summed E-state index contributed by atoms with van der Waals surface area (Å²) >= 11 is 0. The molecule has 0 amide bonds. The Labute approximate surface area is 116 Å². The molecule has 0 atom stereocenters. The Bertz CT molecular complexity index is 581. The number of carbonyl (C=O) groups is 1. The second-order valence-electron chi connectivity index (χ2n) is 4.68. The number of hydrogen-bond acceptors (Lipinski definition) is 4. The third-order valence-electron chi connectivity index (χ3n) is 2.91. The van der Waals surface area contributed by atoms with Crippen LogP contribution in [0.5, 0.6) is 5.75 Å². The van der Waals surface area contributed by atoms with E-state index in [4.69, 9.17) is 5.11 Å². The molecule has 0 fully saturated rings. The van der Waals surface area contributed by atoms with Crippen LogP contribution in [0.3, 0.4) is 0 Å². The molecule has 6 heteroatoms. The van der Waals surface area contributed by atoms with Crippen LogP contribution in [-0.4, -0.2) is 31.2 Å². The molecular weight excluding hydrogens is 258 g/mol. The van der Waals surface area contributed by atoms with E-state index >= 15 is 0 Å². The highest BCUT2D eigenvalue weighted by molar-refractivity contribution is 5.66. The molecule has 6 nitrogen and oxygen atoms in total. The summed E-state index contributed by atoms with van der Waals surface area (Å²) in [5, 5.41) is 26.0. The van der Waals surface area contributed by atoms with Gasteiger partial charge in [-0.3, -0.25) is 4.79 Å². The number of nitrogens with zero attached hydrogens (tertiary/aromatic N) is 3. The lowest BCUT2D eigenvalue weighted by Gasteiger charge is -2.01. The van der Waals surface area contributed by atoms with Crippen LogP contribution in [0.2, 0.25) is 0 Å².